The first-order chi connectivity index (χ1) is 15.3. The number of fused-ring (bicyclic) bond motifs is 1. The smallest absolute Gasteiger partial charge is 0.252 e. The average molecular weight is 478 g/mol. The molecule has 1 fully saturated rings. The van der Waals surface area contributed by atoms with Crippen LogP contribution in [0.5, 0.6) is 0 Å². The molecule has 0 radical (unpaired) electrons. The molecule has 1 N–H and O–H groups in total. The maximum Gasteiger partial charge on any atom is 0.252 e. The van der Waals surface area contributed by atoms with Gasteiger partial charge in [0.15, 0.2) is 5.65 Å². The maximum atomic E-state index is 13.1. The molecule has 0 aromatic carbocycles. The number of carbonyl (C=O) groups is 1. The Morgan fingerprint density at radius 1 is 1.28 bits per heavy atom. The molecule has 0 aliphatic carbocycles. The summed E-state index contributed by atoms with van der Waals surface area (Å²) in [5.74, 6) is -0.498. The number of pyridine rings is 1. The van der Waals surface area contributed by atoms with Crippen LogP contribution in [-0.2, 0) is 14.8 Å². The zero-order valence-corrected chi connectivity index (χ0v) is 20.0. The van der Waals surface area contributed by atoms with Gasteiger partial charge >= 0.3 is 0 Å². The van der Waals surface area contributed by atoms with Gasteiger partial charge in [0.2, 0.25) is 10.0 Å². The number of hydrogen-bond donors (Lipinski definition) is 1. The Labute approximate surface area is 191 Å². The fourth-order valence-corrected chi connectivity index (χ4v) is 5.78. The van der Waals surface area contributed by atoms with E-state index in [1.807, 2.05) is 32.9 Å². The Hall–Kier alpha value is -2.34. The van der Waals surface area contributed by atoms with E-state index < -0.39 is 10.0 Å². The molecule has 0 atom stereocenters. The zero-order chi connectivity index (χ0) is 22.9. The number of nitrogens with one attached hydrogen (secondary N) is 1. The predicted molar refractivity (Wildman–Crippen MR) is 124 cm³/mol. The van der Waals surface area contributed by atoms with Gasteiger partial charge in [0.25, 0.3) is 5.91 Å². The van der Waals surface area contributed by atoms with Gasteiger partial charge in [0.1, 0.15) is 0 Å². The molecule has 172 valence electrons. The van der Waals surface area contributed by atoms with E-state index in [9.17, 15) is 13.2 Å². The largest absolute Gasteiger partial charge is 0.379 e. The number of carbonyl (C=O) groups excluding carboxylic acids is 1. The van der Waals surface area contributed by atoms with E-state index in [1.54, 1.807) is 28.3 Å². The molecule has 1 saturated heterocycles. The first-order valence-electron chi connectivity index (χ1n) is 10.5. The van der Waals surface area contributed by atoms with Crippen LogP contribution in [0.1, 0.15) is 35.1 Å². The van der Waals surface area contributed by atoms with Crippen molar-refractivity contribution in [2.24, 2.45) is 0 Å². The van der Waals surface area contributed by atoms with Gasteiger partial charge in [-0.3, -0.25) is 4.79 Å². The molecule has 0 spiro atoms. The fourth-order valence-electron chi connectivity index (χ4n) is 3.62. The summed E-state index contributed by atoms with van der Waals surface area (Å²) in [4.78, 5) is 20.0. The second kappa shape index (κ2) is 9.26. The van der Waals surface area contributed by atoms with E-state index in [4.69, 9.17) is 9.72 Å². The SMILES string of the molecule is Cc1ccc(-c2cc(C(=O)NCCS(=O)(=O)N3CCOCC3)c3cnn(C(C)C)c3n2)s1. The number of amides is 1. The first kappa shape index (κ1) is 22.8. The number of ether oxygens (including phenoxy) is 1. The Balaban J connectivity index is 1.59. The van der Waals surface area contributed by atoms with E-state index in [1.165, 1.54) is 4.31 Å². The van der Waals surface area contributed by atoms with E-state index in [2.05, 4.69) is 10.4 Å². The number of aryl methyl sites for hydroxylation is 1. The molecular formula is C21H27N5O4S2. The highest BCUT2D eigenvalue weighted by Gasteiger charge is 2.25. The van der Waals surface area contributed by atoms with Crippen molar-refractivity contribution >= 4 is 38.3 Å². The van der Waals surface area contributed by atoms with E-state index in [0.29, 0.717) is 48.6 Å². The molecule has 0 unspecified atom stereocenters. The summed E-state index contributed by atoms with van der Waals surface area (Å²) in [5.41, 5.74) is 1.77. The summed E-state index contributed by atoms with van der Waals surface area (Å²) in [7, 11) is -3.45. The number of sulfonamides is 1. The van der Waals surface area contributed by atoms with E-state index >= 15 is 0 Å². The fraction of sp³-hybridized carbons (Fsp3) is 0.476. The average Bonchev–Trinajstić information content (AvgIpc) is 3.39. The van der Waals surface area contributed by atoms with Crippen LogP contribution in [0, 0.1) is 6.92 Å². The van der Waals surface area contributed by atoms with Crippen LogP contribution in [0.4, 0.5) is 0 Å². The third-order valence-corrected chi connectivity index (χ3v) is 8.20. The number of aromatic nitrogens is 3. The van der Waals surface area contributed by atoms with Crippen molar-refractivity contribution < 1.29 is 17.9 Å². The molecule has 1 amide bonds. The van der Waals surface area contributed by atoms with E-state index in [-0.39, 0.29) is 24.2 Å². The van der Waals surface area contributed by atoms with Crippen molar-refractivity contribution in [3.8, 4) is 10.6 Å². The van der Waals surface area contributed by atoms with Gasteiger partial charge in [-0.25, -0.2) is 18.1 Å². The lowest BCUT2D eigenvalue weighted by Gasteiger charge is -2.26. The Morgan fingerprint density at radius 2 is 2.03 bits per heavy atom. The van der Waals surface area contributed by atoms with Crippen LogP contribution in [0.15, 0.2) is 24.4 Å². The van der Waals surface area contributed by atoms with Gasteiger partial charge in [-0.15, -0.1) is 11.3 Å². The van der Waals surface area contributed by atoms with E-state index in [0.717, 1.165) is 9.75 Å². The standard InChI is InChI=1S/C21H27N5O4S2/c1-14(2)26-20-17(13-23-26)16(12-18(24-20)19-5-4-15(3)31-19)21(27)22-6-11-32(28,29)25-7-9-30-10-8-25/h4-5,12-14H,6-11H2,1-3H3,(H,22,27). The van der Waals surface area contributed by atoms with Gasteiger partial charge in [0.05, 0.1) is 46.7 Å². The maximum absolute atomic E-state index is 13.1. The van der Waals surface area contributed by atoms with Gasteiger partial charge in [-0.1, -0.05) is 0 Å². The monoisotopic (exact) mass is 477 g/mol. The number of hydrogen-bond acceptors (Lipinski definition) is 7. The van der Waals surface area contributed by atoms with Crippen LogP contribution in [0.25, 0.3) is 21.6 Å². The third-order valence-electron chi connectivity index (χ3n) is 5.30. The number of morpholine rings is 1. The quantitative estimate of drug-likeness (QED) is 0.560. The molecular weight excluding hydrogens is 450 g/mol. The van der Waals surface area contributed by atoms with Crippen LogP contribution < -0.4 is 5.32 Å². The van der Waals surface area contributed by atoms with Crippen LogP contribution in [0.3, 0.4) is 0 Å². The highest BCUT2D eigenvalue weighted by molar-refractivity contribution is 7.89. The Morgan fingerprint density at radius 3 is 2.69 bits per heavy atom. The summed E-state index contributed by atoms with van der Waals surface area (Å²) in [6, 6.07) is 5.84. The van der Waals surface area contributed by atoms with Crippen molar-refractivity contribution in [3.05, 3.63) is 34.8 Å². The summed E-state index contributed by atoms with van der Waals surface area (Å²) in [5, 5.41) is 7.84. The van der Waals surface area contributed by atoms with Crippen molar-refractivity contribution in [1.82, 2.24) is 24.4 Å². The minimum absolute atomic E-state index is 0.0219. The molecule has 4 heterocycles. The molecule has 3 aromatic rings. The lowest BCUT2D eigenvalue weighted by atomic mass is 10.1. The molecule has 11 heteroatoms. The number of rotatable bonds is 7. The third kappa shape index (κ3) is 4.70. The molecule has 3 aromatic heterocycles. The van der Waals surface area contributed by atoms with Crippen LogP contribution >= 0.6 is 11.3 Å². The second-order valence-electron chi connectivity index (χ2n) is 7.97. The second-order valence-corrected chi connectivity index (χ2v) is 11.3. The van der Waals surface area contributed by atoms with Gasteiger partial charge in [-0.2, -0.15) is 9.40 Å². The number of thiophene rings is 1. The lowest BCUT2D eigenvalue weighted by Crippen LogP contribution is -2.43. The Bertz CT molecular complexity index is 1230. The summed E-state index contributed by atoms with van der Waals surface area (Å²) >= 11 is 1.60. The minimum atomic E-state index is -3.45. The van der Waals surface area contributed by atoms with Crippen LogP contribution in [-0.4, -0.2) is 72.0 Å². The number of nitrogens with zero attached hydrogens (tertiary/aromatic N) is 4. The highest BCUT2D eigenvalue weighted by atomic mass is 32.2. The van der Waals surface area contributed by atoms with Crippen LogP contribution in [0.2, 0.25) is 0 Å². The molecule has 1 aliphatic rings. The summed E-state index contributed by atoms with van der Waals surface area (Å²) in [6.07, 6.45) is 1.64. The first-order valence-corrected chi connectivity index (χ1v) is 13.0. The van der Waals surface area contributed by atoms with Crippen molar-refractivity contribution in [3.63, 3.8) is 0 Å². The summed E-state index contributed by atoms with van der Waals surface area (Å²) in [6.45, 7) is 7.54. The molecule has 0 bridgehead atoms. The topological polar surface area (TPSA) is 106 Å². The van der Waals surface area contributed by atoms with Gasteiger partial charge in [0, 0.05) is 30.6 Å². The minimum Gasteiger partial charge on any atom is -0.379 e. The Kier molecular flexibility index (Phi) is 6.61. The zero-order valence-electron chi connectivity index (χ0n) is 18.4. The van der Waals surface area contributed by atoms with Gasteiger partial charge in [-0.05, 0) is 39.0 Å². The molecule has 32 heavy (non-hydrogen) atoms. The normalized spacial score (nSPS) is 15.5. The predicted octanol–water partition coefficient (Wildman–Crippen LogP) is 2.44. The van der Waals surface area contributed by atoms with Crippen molar-refractivity contribution in [1.29, 1.82) is 0 Å². The van der Waals surface area contributed by atoms with Gasteiger partial charge < -0.3 is 10.1 Å². The van der Waals surface area contributed by atoms with Crippen molar-refractivity contribution in [2.45, 2.75) is 26.8 Å². The molecule has 9 nitrogen and oxygen atoms in total. The summed E-state index contributed by atoms with van der Waals surface area (Å²) < 4.78 is 33.5. The molecule has 4 rings (SSSR count). The highest BCUT2D eigenvalue weighted by Crippen LogP contribution is 2.30. The molecule has 1 aliphatic heterocycles. The lowest BCUT2D eigenvalue weighted by molar-refractivity contribution is 0.0730. The van der Waals surface area contributed by atoms with Crippen molar-refractivity contribution in [2.75, 3.05) is 38.6 Å². The molecule has 0 saturated carbocycles.